The molecule has 2 aromatic heterocycles. The van der Waals surface area contributed by atoms with Crippen molar-refractivity contribution in [3.05, 3.63) is 76.9 Å². The Kier molecular flexibility index (Phi) is 8.05. The zero-order valence-corrected chi connectivity index (χ0v) is 21.9. The zero-order valence-electron chi connectivity index (χ0n) is 20.3. The van der Waals surface area contributed by atoms with Gasteiger partial charge in [0, 0.05) is 36.3 Å². The van der Waals surface area contributed by atoms with Gasteiger partial charge < -0.3 is 19.7 Å². The Hall–Kier alpha value is -3.37. The second-order valence-electron chi connectivity index (χ2n) is 8.80. The summed E-state index contributed by atoms with van der Waals surface area (Å²) in [5.74, 6) is 2.12. The Morgan fingerprint density at radius 2 is 2.00 bits per heavy atom. The van der Waals surface area contributed by atoms with Crippen molar-refractivity contribution >= 4 is 34.9 Å². The number of carbonyl (C=O) groups excluding carboxylic acids is 2. The Morgan fingerprint density at radius 1 is 1.19 bits per heavy atom. The SMILES string of the molecule is C=CCSc1ncccc1C(=O)N1CCC(c2nc(C(=O)NCC3COc4ccccc4O3)cs2)CC1. The van der Waals surface area contributed by atoms with Crippen molar-refractivity contribution in [1.82, 2.24) is 20.2 Å². The Labute approximate surface area is 224 Å². The lowest BCUT2D eigenvalue weighted by Gasteiger charge is -2.31. The second kappa shape index (κ2) is 11.8. The zero-order chi connectivity index (χ0) is 25.6. The minimum Gasteiger partial charge on any atom is -0.486 e. The van der Waals surface area contributed by atoms with E-state index in [0.717, 1.165) is 28.6 Å². The minimum atomic E-state index is -0.255. The molecule has 1 atom stereocenters. The van der Waals surface area contributed by atoms with Crippen molar-refractivity contribution in [1.29, 1.82) is 0 Å². The first-order chi connectivity index (χ1) is 18.1. The van der Waals surface area contributed by atoms with Crippen LogP contribution < -0.4 is 14.8 Å². The van der Waals surface area contributed by atoms with E-state index in [0.29, 0.717) is 49.0 Å². The highest BCUT2D eigenvalue weighted by atomic mass is 32.2. The molecule has 0 saturated carbocycles. The average Bonchev–Trinajstić information content (AvgIpc) is 3.45. The Morgan fingerprint density at radius 3 is 2.81 bits per heavy atom. The molecule has 37 heavy (non-hydrogen) atoms. The van der Waals surface area contributed by atoms with Gasteiger partial charge in [-0.25, -0.2) is 9.97 Å². The summed E-state index contributed by atoms with van der Waals surface area (Å²) in [5.41, 5.74) is 1.05. The number of hydrogen-bond donors (Lipinski definition) is 1. The number of likely N-dealkylation sites (tertiary alicyclic amines) is 1. The van der Waals surface area contributed by atoms with Crippen LogP contribution in [-0.2, 0) is 0 Å². The van der Waals surface area contributed by atoms with Crippen molar-refractivity contribution in [2.75, 3.05) is 32.0 Å². The molecule has 1 aromatic carbocycles. The fraction of sp³-hybridized carbons (Fsp3) is 0.333. The third kappa shape index (κ3) is 5.97. The van der Waals surface area contributed by atoms with Gasteiger partial charge in [0.2, 0.25) is 0 Å². The van der Waals surface area contributed by atoms with E-state index in [9.17, 15) is 9.59 Å². The van der Waals surface area contributed by atoms with E-state index in [1.54, 1.807) is 23.7 Å². The highest BCUT2D eigenvalue weighted by molar-refractivity contribution is 7.99. The average molecular weight is 537 g/mol. The van der Waals surface area contributed by atoms with Crippen molar-refractivity contribution in [3.8, 4) is 11.5 Å². The first-order valence-electron chi connectivity index (χ1n) is 12.2. The van der Waals surface area contributed by atoms with E-state index in [1.807, 2.05) is 35.2 Å². The monoisotopic (exact) mass is 536 g/mol. The molecule has 192 valence electrons. The fourth-order valence-corrected chi connectivity index (χ4v) is 6.04. The van der Waals surface area contributed by atoms with Crippen LogP contribution in [0.3, 0.4) is 0 Å². The molecular formula is C27H28N4O4S2. The van der Waals surface area contributed by atoms with Crippen molar-refractivity contribution in [2.24, 2.45) is 0 Å². The molecule has 2 aliphatic rings. The van der Waals surface area contributed by atoms with Gasteiger partial charge in [-0.2, -0.15) is 0 Å². The van der Waals surface area contributed by atoms with E-state index < -0.39 is 0 Å². The number of para-hydroxylation sites is 2. The molecule has 0 aliphatic carbocycles. The van der Waals surface area contributed by atoms with Crippen molar-refractivity contribution in [3.63, 3.8) is 0 Å². The first-order valence-corrected chi connectivity index (χ1v) is 14.1. The third-order valence-corrected chi connectivity index (χ3v) is 8.29. The number of aromatic nitrogens is 2. The molecule has 1 N–H and O–H groups in total. The summed E-state index contributed by atoms with van der Waals surface area (Å²) in [7, 11) is 0. The molecule has 1 fully saturated rings. The van der Waals surface area contributed by atoms with Crippen LogP contribution in [0.2, 0.25) is 0 Å². The van der Waals surface area contributed by atoms with E-state index in [4.69, 9.17) is 9.47 Å². The molecule has 2 amide bonds. The molecule has 5 rings (SSSR count). The summed E-state index contributed by atoms with van der Waals surface area (Å²) in [6.07, 6.45) is 4.87. The van der Waals surface area contributed by atoms with Gasteiger partial charge in [-0.05, 0) is 37.1 Å². The lowest BCUT2D eigenvalue weighted by atomic mass is 9.97. The maximum atomic E-state index is 13.2. The van der Waals surface area contributed by atoms with Gasteiger partial charge in [-0.15, -0.1) is 29.7 Å². The smallest absolute Gasteiger partial charge is 0.270 e. The number of nitrogens with zero attached hydrogens (tertiary/aromatic N) is 3. The van der Waals surface area contributed by atoms with Gasteiger partial charge in [-0.1, -0.05) is 18.2 Å². The summed E-state index contributed by atoms with van der Waals surface area (Å²) in [6, 6.07) is 11.1. The normalized spacial score (nSPS) is 17.3. The highest BCUT2D eigenvalue weighted by Gasteiger charge is 2.28. The minimum absolute atomic E-state index is 0.00820. The summed E-state index contributed by atoms with van der Waals surface area (Å²) in [6.45, 7) is 5.75. The van der Waals surface area contributed by atoms with Crippen LogP contribution in [0.15, 0.2) is 65.7 Å². The predicted octanol–water partition coefficient (Wildman–Crippen LogP) is 4.41. The van der Waals surface area contributed by atoms with Gasteiger partial charge in [0.15, 0.2) is 11.5 Å². The molecule has 0 radical (unpaired) electrons. The van der Waals surface area contributed by atoms with Crippen molar-refractivity contribution in [2.45, 2.75) is 29.9 Å². The van der Waals surface area contributed by atoms with Gasteiger partial charge in [0.25, 0.3) is 11.8 Å². The van der Waals surface area contributed by atoms with E-state index >= 15 is 0 Å². The number of piperidine rings is 1. The van der Waals surface area contributed by atoms with Crippen LogP contribution in [0, 0.1) is 0 Å². The molecule has 1 saturated heterocycles. The molecule has 0 spiro atoms. The number of carbonyl (C=O) groups is 2. The summed E-state index contributed by atoms with van der Waals surface area (Å²) < 4.78 is 11.6. The van der Waals surface area contributed by atoms with Crippen LogP contribution in [0.25, 0.3) is 0 Å². The molecule has 1 unspecified atom stereocenters. The number of nitrogens with one attached hydrogen (secondary N) is 1. The number of pyridine rings is 1. The second-order valence-corrected chi connectivity index (χ2v) is 10.7. The number of rotatable bonds is 8. The van der Waals surface area contributed by atoms with Gasteiger partial charge in [-0.3, -0.25) is 9.59 Å². The lowest BCUT2D eigenvalue weighted by molar-refractivity contribution is 0.0708. The predicted molar refractivity (Wildman–Crippen MR) is 144 cm³/mol. The van der Waals surface area contributed by atoms with E-state index in [-0.39, 0.29) is 23.8 Å². The fourth-order valence-electron chi connectivity index (χ4n) is 4.35. The number of thiazole rings is 1. The maximum absolute atomic E-state index is 13.2. The first kappa shape index (κ1) is 25.3. The number of amides is 2. The number of ether oxygens (including phenoxy) is 2. The Bertz CT molecular complexity index is 1270. The number of hydrogen-bond acceptors (Lipinski definition) is 8. The molecule has 4 heterocycles. The molecule has 2 aliphatic heterocycles. The van der Waals surface area contributed by atoms with E-state index in [1.165, 1.54) is 23.1 Å². The number of benzene rings is 1. The molecule has 3 aromatic rings. The number of thioether (sulfide) groups is 1. The summed E-state index contributed by atoms with van der Waals surface area (Å²) >= 11 is 3.01. The molecule has 10 heteroatoms. The topological polar surface area (TPSA) is 93.7 Å². The van der Waals surface area contributed by atoms with Crippen LogP contribution in [0.4, 0.5) is 0 Å². The van der Waals surface area contributed by atoms with Gasteiger partial charge in [0.1, 0.15) is 23.4 Å². The van der Waals surface area contributed by atoms with Crippen LogP contribution >= 0.6 is 23.1 Å². The summed E-state index contributed by atoms with van der Waals surface area (Å²) in [4.78, 5) is 36.7. The summed E-state index contributed by atoms with van der Waals surface area (Å²) in [5, 5.41) is 6.38. The van der Waals surface area contributed by atoms with Crippen LogP contribution in [0.5, 0.6) is 11.5 Å². The largest absolute Gasteiger partial charge is 0.486 e. The Balaban J connectivity index is 1.12. The van der Waals surface area contributed by atoms with Crippen molar-refractivity contribution < 1.29 is 19.1 Å². The molecular weight excluding hydrogens is 508 g/mol. The standard InChI is InChI=1S/C27H28N4O4S2/c1-2-14-36-26-20(6-5-11-28-26)27(33)31-12-9-18(10-13-31)25-30-21(17-37-25)24(32)29-15-19-16-34-22-7-3-4-8-23(22)35-19/h2-8,11,17-19H,1,9-10,12-16H2,(H,29,32). The van der Waals surface area contributed by atoms with Crippen LogP contribution in [-0.4, -0.2) is 64.8 Å². The van der Waals surface area contributed by atoms with Gasteiger partial charge in [0.05, 0.1) is 17.1 Å². The quantitative estimate of drug-likeness (QED) is 0.337. The van der Waals surface area contributed by atoms with E-state index in [2.05, 4.69) is 21.9 Å². The van der Waals surface area contributed by atoms with Crippen LogP contribution in [0.1, 0.15) is 44.6 Å². The third-order valence-electron chi connectivity index (χ3n) is 6.28. The maximum Gasteiger partial charge on any atom is 0.270 e. The van der Waals surface area contributed by atoms with Gasteiger partial charge >= 0.3 is 0 Å². The molecule has 8 nitrogen and oxygen atoms in total. The lowest BCUT2D eigenvalue weighted by Crippen LogP contribution is -2.40. The number of fused-ring (bicyclic) bond motifs is 1. The highest BCUT2D eigenvalue weighted by Crippen LogP contribution is 2.32. The molecule has 0 bridgehead atoms.